The summed E-state index contributed by atoms with van der Waals surface area (Å²) in [7, 11) is 1.63. The van der Waals surface area contributed by atoms with Crippen molar-refractivity contribution in [3.63, 3.8) is 0 Å². The van der Waals surface area contributed by atoms with Crippen LogP contribution in [0.3, 0.4) is 0 Å². The molecular weight excluding hydrogens is 435 g/mol. The van der Waals surface area contributed by atoms with Gasteiger partial charge in [0.05, 0.1) is 18.4 Å². The molecule has 0 atom stereocenters. The Morgan fingerprint density at radius 3 is 2.88 bits per heavy atom. The van der Waals surface area contributed by atoms with Crippen LogP contribution in [-0.2, 0) is 11.2 Å². The maximum Gasteiger partial charge on any atom is 0.233 e. The van der Waals surface area contributed by atoms with E-state index in [0.29, 0.717) is 48.5 Å². The van der Waals surface area contributed by atoms with Gasteiger partial charge in [0, 0.05) is 31.1 Å². The average molecular weight is 461 g/mol. The number of carbonyl (C=O) groups is 1. The minimum atomic E-state index is -0.421. The van der Waals surface area contributed by atoms with Crippen LogP contribution in [0, 0.1) is 5.82 Å². The zero-order valence-corrected chi connectivity index (χ0v) is 18.9. The van der Waals surface area contributed by atoms with Crippen LogP contribution in [0.25, 0.3) is 39.1 Å². The lowest BCUT2D eigenvalue weighted by atomic mass is 9.96. The van der Waals surface area contributed by atoms with Gasteiger partial charge < -0.3 is 15.4 Å². The number of imidazole rings is 1. The molecule has 8 nitrogen and oxygen atoms in total. The van der Waals surface area contributed by atoms with Gasteiger partial charge >= 0.3 is 0 Å². The highest BCUT2D eigenvalue weighted by Crippen LogP contribution is 2.35. The first-order valence-electron chi connectivity index (χ1n) is 11.1. The van der Waals surface area contributed by atoms with E-state index in [9.17, 15) is 9.90 Å². The quantitative estimate of drug-likeness (QED) is 0.352. The van der Waals surface area contributed by atoms with Gasteiger partial charge in [0.1, 0.15) is 17.0 Å². The van der Waals surface area contributed by atoms with Gasteiger partial charge in [0.15, 0.2) is 11.6 Å². The lowest BCUT2D eigenvalue weighted by molar-refractivity contribution is -0.121. The molecule has 0 saturated heterocycles. The number of phenols is 1. The predicted molar refractivity (Wildman–Crippen MR) is 129 cm³/mol. The lowest BCUT2D eigenvalue weighted by Crippen LogP contribution is -2.34. The number of aromatic amines is 2. The largest absolute Gasteiger partial charge is 0.508 e. The molecule has 5 rings (SSSR count). The van der Waals surface area contributed by atoms with E-state index in [2.05, 4.69) is 31.6 Å². The van der Waals surface area contributed by atoms with Gasteiger partial charge in [0.2, 0.25) is 5.91 Å². The Morgan fingerprint density at radius 1 is 1.26 bits per heavy atom. The molecule has 1 amide bonds. The molecule has 1 aliphatic rings. The van der Waals surface area contributed by atoms with E-state index in [0.717, 1.165) is 22.4 Å². The van der Waals surface area contributed by atoms with Crippen LogP contribution in [0.2, 0.25) is 0 Å². The van der Waals surface area contributed by atoms with E-state index < -0.39 is 5.82 Å². The number of likely N-dealkylation sites (N-methyl/N-ethyl adjacent to an activating group) is 1. The van der Waals surface area contributed by atoms with Crippen molar-refractivity contribution in [1.29, 1.82) is 0 Å². The third kappa shape index (κ3) is 3.84. The number of rotatable bonds is 6. The molecule has 0 bridgehead atoms. The minimum Gasteiger partial charge on any atom is -0.508 e. The van der Waals surface area contributed by atoms with Crippen LogP contribution < -0.4 is 5.32 Å². The van der Waals surface area contributed by atoms with Crippen molar-refractivity contribution in [3.8, 4) is 28.4 Å². The number of aryl methyl sites for hydroxylation is 1. The number of aromatic nitrogens is 4. The van der Waals surface area contributed by atoms with Gasteiger partial charge in [0.25, 0.3) is 0 Å². The highest BCUT2D eigenvalue weighted by Gasteiger charge is 2.21. The summed E-state index contributed by atoms with van der Waals surface area (Å²) in [4.78, 5) is 21.5. The predicted octanol–water partition coefficient (Wildman–Crippen LogP) is 3.47. The molecule has 3 heterocycles. The van der Waals surface area contributed by atoms with Crippen molar-refractivity contribution >= 4 is 22.4 Å². The van der Waals surface area contributed by atoms with Gasteiger partial charge in [-0.15, -0.1) is 0 Å². The molecule has 0 unspecified atom stereocenters. The summed E-state index contributed by atoms with van der Waals surface area (Å²) in [6.45, 7) is 3.64. The van der Waals surface area contributed by atoms with Crippen LogP contribution in [0.4, 0.5) is 4.39 Å². The Kier molecular flexibility index (Phi) is 5.62. The normalized spacial score (nSPS) is 14.0. The van der Waals surface area contributed by atoms with E-state index in [1.165, 1.54) is 0 Å². The highest BCUT2D eigenvalue weighted by molar-refractivity contribution is 5.95. The number of carbonyl (C=O) groups excluding carboxylic acids is 1. The second kappa shape index (κ2) is 8.75. The van der Waals surface area contributed by atoms with Gasteiger partial charge in [-0.25, -0.2) is 9.37 Å². The number of phenolic OH excluding ortho intramolecular Hbond substituents is 1. The number of hydrogen-bond acceptors (Lipinski definition) is 5. The summed E-state index contributed by atoms with van der Waals surface area (Å²) < 4.78 is 15.5. The summed E-state index contributed by atoms with van der Waals surface area (Å²) in [5, 5.41) is 20.2. The second-order valence-corrected chi connectivity index (χ2v) is 8.33. The maximum absolute atomic E-state index is 15.5. The van der Waals surface area contributed by atoms with E-state index in [1.54, 1.807) is 37.5 Å². The number of nitrogens with one attached hydrogen (secondary N) is 3. The molecule has 4 N–H and O–H groups in total. The zero-order chi connectivity index (χ0) is 23.8. The summed E-state index contributed by atoms with van der Waals surface area (Å²) in [6.07, 6.45) is 4.48. The number of hydrogen-bond donors (Lipinski definition) is 4. The highest BCUT2D eigenvalue weighted by atomic mass is 19.1. The standard InChI is InChI=1S/C25H25FN6O2/c1-3-14-10-16(33)4-5-17(14)18-6-7-19-23(22(18)26)30-31-24(19)25-28-11-20(29-25)15-8-9-32(12-15)13-21(34)27-2/h4-8,10-11,33H,3,9,12-13H2,1-2H3,(H,27,34)(H,28,29)(H,30,31). The van der Waals surface area contributed by atoms with Gasteiger partial charge in [-0.3, -0.25) is 14.8 Å². The summed E-state index contributed by atoms with van der Waals surface area (Å²) >= 11 is 0. The first kappa shape index (κ1) is 21.8. The molecular formula is C25H25FN6O2. The number of H-pyrrole nitrogens is 2. The van der Waals surface area contributed by atoms with E-state index in [1.807, 2.05) is 17.9 Å². The third-order valence-corrected chi connectivity index (χ3v) is 6.22. The van der Waals surface area contributed by atoms with Crippen molar-refractivity contribution in [1.82, 2.24) is 30.4 Å². The average Bonchev–Trinajstić information content (AvgIpc) is 3.58. The molecule has 0 fully saturated rings. The molecule has 2 aromatic heterocycles. The fourth-order valence-electron chi connectivity index (χ4n) is 4.39. The van der Waals surface area contributed by atoms with Crippen LogP contribution in [-0.4, -0.2) is 62.8 Å². The maximum atomic E-state index is 15.5. The Hall–Kier alpha value is -3.98. The van der Waals surface area contributed by atoms with E-state index in [4.69, 9.17) is 0 Å². The number of halogens is 1. The molecule has 4 aromatic rings. The fraction of sp³-hybridized carbons (Fsp3) is 0.240. The number of aromatic hydroxyl groups is 1. The Labute approximate surface area is 195 Å². The Balaban J connectivity index is 1.44. The van der Waals surface area contributed by atoms with Crippen LogP contribution in [0.5, 0.6) is 5.75 Å². The number of fused-ring (bicyclic) bond motifs is 1. The number of amides is 1. The van der Waals surface area contributed by atoms with Crippen molar-refractivity contribution < 1.29 is 14.3 Å². The Morgan fingerprint density at radius 2 is 2.09 bits per heavy atom. The van der Waals surface area contributed by atoms with Gasteiger partial charge in [-0.1, -0.05) is 25.1 Å². The number of nitrogens with zero attached hydrogens (tertiary/aromatic N) is 3. The molecule has 9 heteroatoms. The van der Waals surface area contributed by atoms with Crippen molar-refractivity contribution in [2.45, 2.75) is 13.3 Å². The summed E-state index contributed by atoms with van der Waals surface area (Å²) in [5.74, 6) is 0.278. The van der Waals surface area contributed by atoms with E-state index in [-0.39, 0.29) is 17.2 Å². The first-order chi connectivity index (χ1) is 16.5. The van der Waals surface area contributed by atoms with Crippen LogP contribution in [0.15, 0.2) is 42.6 Å². The van der Waals surface area contributed by atoms with E-state index >= 15 is 4.39 Å². The molecule has 0 aliphatic carbocycles. The number of benzene rings is 2. The molecule has 34 heavy (non-hydrogen) atoms. The smallest absolute Gasteiger partial charge is 0.233 e. The molecule has 0 saturated carbocycles. The molecule has 0 radical (unpaired) electrons. The monoisotopic (exact) mass is 460 g/mol. The molecule has 0 spiro atoms. The van der Waals surface area contributed by atoms with Crippen molar-refractivity contribution in [2.75, 3.05) is 26.7 Å². The Bertz CT molecular complexity index is 1420. The summed E-state index contributed by atoms with van der Waals surface area (Å²) in [5.41, 5.74) is 4.78. The lowest BCUT2D eigenvalue weighted by Gasteiger charge is -2.13. The van der Waals surface area contributed by atoms with Crippen molar-refractivity contribution in [3.05, 3.63) is 59.7 Å². The first-order valence-corrected chi connectivity index (χ1v) is 11.1. The molecule has 174 valence electrons. The van der Waals surface area contributed by atoms with Crippen LogP contribution in [0.1, 0.15) is 18.2 Å². The SMILES string of the molecule is CCc1cc(O)ccc1-c1ccc2c(-c3ncc(C4=CCN(CC(=O)NC)C4)[nH]3)[nH]nc2c1F. The molecule has 2 aromatic carbocycles. The zero-order valence-electron chi connectivity index (χ0n) is 18.9. The third-order valence-electron chi connectivity index (χ3n) is 6.22. The second-order valence-electron chi connectivity index (χ2n) is 8.33. The van der Waals surface area contributed by atoms with Gasteiger partial charge in [-0.2, -0.15) is 5.10 Å². The molecule has 1 aliphatic heterocycles. The van der Waals surface area contributed by atoms with Crippen LogP contribution >= 0.6 is 0 Å². The minimum absolute atomic E-state index is 0.0244. The summed E-state index contributed by atoms with van der Waals surface area (Å²) in [6, 6.07) is 8.52. The fourth-order valence-corrected chi connectivity index (χ4v) is 4.39. The van der Waals surface area contributed by atoms with Crippen molar-refractivity contribution in [2.24, 2.45) is 0 Å². The van der Waals surface area contributed by atoms with Gasteiger partial charge in [-0.05, 0) is 41.3 Å². The topological polar surface area (TPSA) is 110 Å².